The van der Waals surface area contributed by atoms with Crippen LogP contribution in [-0.4, -0.2) is 43.7 Å². The van der Waals surface area contributed by atoms with Crippen LogP contribution < -0.4 is 10.1 Å². The molecule has 6 heteroatoms. The smallest absolute Gasteiger partial charge is 0.251 e. The monoisotopic (exact) mass is 392 g/mol. The normalized spacial score (nSPS) is 15.6. The van der Waals surface area contributed by atoms with Crippen molar-refractivity contribution in [2.75, 3.05) is 32.8 Å². The first-order valence-electron chi connectivity index (χ1n) is 9.76. The number of hydrogen-bond acceptors (Lipinski definition) is 5. The predicted octanol–water partition coefficient (Wildman–Crippen LogP) is 3.88. The van der Waals surface area contributed by atoms with Crippen molar-refractivity contribution < 1.29 is 18.7 Å². The second-order valence-corrected chi connectivity index (χ2v) is 6.83. The summed E-state index contributed by atoms with van der Waals surface area (Å²) in [5, 5.41) is 3.03. The van der Waals surface area contributed by atoms with Crippen molar-refractivity contribution in [1.29, 1.82) is 0 Å². The summed E-state index contributed by atoms with van der Waals surface area (Å²) < 4.78 is 16.8. The molecule has 2 heterocycles. The van der Waals surface area contributed by atoms with E-state index < -0.39 is 0 Å². The van der Waals surface area contributed by atoms with E-state index in [4.69, 9.17) is 13.9 Å². The van der Waals surface area contributed by atoms with Gasteiger partial charge in [0, 0.05) is 25.2 Å². The van der Waals surface area contributed by atoms with Crippen molar-refractivity contribution in [1.82, 2.24) is 10.2 Å². The zero-order valence-electron chi connectivity index (χ0n) is 16.1. The number of carbonyl (C=O) groups excluding carboxylic acids is 1. The molecule has 0 bridgehead atoms. The molecular formula is C23H24N2O4. The average molecular weight is 392 g/mol. The molecule has 1 aliphatic heterocycles. The third kappa shape index (κ3) is 5.04. The van der Waals surface area contributed by atoms with Gasteiger partial charge < -0.3 is 19.2 Å². The fourth-order valence-corrected chi connectivity index (χ4v) is 3.37. The molecule has 1 N–H and O–H groups in total. The molecule has 6 nitrogen and oxygen atoms in total. The van der Waals surface area contributed by atoms with Crippen LogP contribution in [0.5, 0.6) is 11.5 Å². The van der Waals surface area contributed by atoms with Crippen LogP contribution in [0.4, 0.5) is 0 Å². The van der Waals surface area contributed by atoms with Crippen LogP contribution in [0.3, 0.4) is 0 Å². The summed E-state index contributed by atoms with van der Waals surface area (Å²) in [6, 6.07) is 20.5. The number of ether oxygens (including phenoxy) is 2. The highest BCUT2D eigenvalue weighted by atomic mass is 16.5. The first-order chi connectivity index (χ1) is 14.3. The molecule has 1 aliphatic rings. The van der Waals surface area contributed by atoms with Gasteiger partial charge in [0.05, 0.1) is 25.5 Å². The van der Waals surface area contributed by atoms with Crippen molar-refractivity contribution in [3.8, 4) is 11.5 Å². The number of furan rings is 1. The molecule has 1 atom stereocenters. The van der Waals surface area contributed by atoms with Crippen LogP contribution in [0.1, 0.15) is 22.2 Å². The Balaban J connectivity index is 1.37. The molecule has 1 unspecified atom stereocenters. The van der Waals surface area contributed by atoms with Crippen LogP contribution in [-0.2, 0) is 4.74 Å². The summed E-state index contributed by atoms with van der Waals surface area (Å²) >= 11 is 0. The second kappa shape index (κ2) is 9.41. The molecule has 29 heavy (non-hydrogen) atoms. The van der Waals surface area contributed by atoms with E-state index in [-0.39, 0.29) is 11.9 Å². The molecule has 4 rings (SSSR count). The molecule has 1 fully saturated rings. The van der Waals surface area contributed by atoms with Gasteiger partial charge in [-0.1, -0.05) is 18.2 Å². The number of morpholine rings is 1. The number of hydrogen-bond donors (Lipinski definition) is 1. The van der Waals surface area contributed by atoms with Gasteiger partial charge >= 0.3 is 0 Å². The molecule has 0 spiro atoms. The largest absolute Gasteiger partial charge is 0.468 e. The fourth-order valence-electron chi connectivity index (χ4n) is 3.37. The van der Waals surface area contributed by atoms with E-state index >= 15 is 0 Å². The number of para-hydroxylation sites is 1. The molecule has 0 radical (unpaired) electrons. The highest BCUT2D eigenvalue weighted by Gasteiger charge is 2.25. The van der Waals surface area contributed by atoms with Gasteiger partial charge in [0.2, 0.25) is 0 Å². The third-order valence-corrected chi connectivity index (χ3v) is 4.91. The summed E-state index contributed by atoms with van der Waals surface area (Å²) in [5.74, 6) is 2.17. The Hall–Kier alpha value is -3.09. The van der Waals surface area contributed by atoms with Crippen molar-refractivity contribution >= 4 is 5.91 Å². The molecule has 150 valence electrons. The number of rotatable bonds is 7. The van der Waals surface area contributed by atoms with Crippen LogP contribution in [0.15, 0.2) is 77.4 Å². The number of benzene rings is 2. The first-order valence-corrected chi connectivity index (χ1v) is 9.76. The van der Waals surface area contributed by atoms with Crippen molar-refractivity contribution in [3.63, 3.8) is 0 Å². The maximum absolute atomic E-state index is 12.6. The van der Waals surface area contributed by atoms with Crippen molar-refractivity contribution in [2.45, 2.75) is 6.04 Å². The molecule has 1 aromatic heterocycles. The van der Waals surface area contributed by atoms with Gasteiger partial charge in [-0.05, 0) is 48.5 Å². The summed E-state index contributed by atoms with van der Waals surface area (Å²) in [7, 11) is 0. The Morgan fingerprint density at radius 3 is 2.38 bits per heavy atom. The predicted molar refractivity (Wildman–Crippen MR) is 109 cm³/mol. The zero-order chi connectivity index (χ0) is 19.9. The van der Waals surface area contributed by atoms with E-state index in [1.807, 2.05) is 42.5 Å². The lowest BCUT2D eigenvalue weighted by atomic mass is 10.1. The number of amides is 1. The van der Waals surface area contributed by atoms with Gasteiger partial charge in [0.15, 0.2) is 0 Å². The average Bonchev–Trinajstić information content (AvgIpc) is 3.30. The minimum Gasteiger partial charge on any atom is -0.468 e. The van der Waals surface area contributed by atoms with E-state index in [1.165, 1.54) is 0 Å². The third-order valence-electron chi connectivity index (χ3n) is 4.91. The molecule has 0 saturated carbocycles. The minimum atomic E-state index is -0.124. The van der Waals surface area contributed by atoms with Gasteiger partial charge in [-0.2, -0.15) is 0 Å². The zero-order valence-corrected chi connectivity index (χ0v) is 16.1. The maximum atomic E-state index is 12.6. The first kappa shape index (κ1) is 19.2. The Bertz CT molecular complexity index is 888. The SMILES string of the molecule is O=C(NCC(c1ccco1)N1CCOCC1)c1ccc(Oc2ccccc2)cc1. The van der Waals surface area contributed by atoms with Crippen LogP contribution in [0.2, 0.25) is 0 Å². The molecule has 1 saturated heterocycles. The Labute approximate surface area is 170 Å². The maximum Gasteiger partial charge on any atom is 0.251 e. The van der Waals surface area contributed by atoms with Gasteiger partial charge in [0.25, 0.3) is 5.91 Å². The Morgan fingerprint density at radius 1 is 0.966 bits per heavy atom. The lowest BCUT2D eigenvalue weighted by molar-refractivity contribution is 0.0118. The number of nitrogens with zero attached hydrogens (tertiary/aromatic N) is 1. The van der Waals surface area contributed by atoms with Crippen molar-refractivity contribution in [2.24, 2.45) is 0 Å². The highest BCUT2D eigenvalue weighted by Crippen LogP contribution is 2.23. The van der Waals surface area contributed by atoms with Crippen molar-refractivity contribution in [3.05, 3.63) is 84.3 Å². The standard InChI is InChI=1S/C23H24N2O4/c26-23(18-8-10-20(11-9-18)29-19-5-2-1-3-6-19)24-17-21(22-7-4-14-28-22)25-12-15-27-16-13-25/h1-11,14,21H,12-13,15-17H2,(H,24,26). The summed E-state index contributed by atoms with van der Waals surface area (Å²) in [6.07, 6.45) is 1.66. The number of nitrogens with one attached hydrogen (secondary N) is 1. The molecule has 1 amide bonds. The molecule has 3 aromatic rings. The summed E-state index contributed by atoms with van der Waals surface area (Å²) in [4.78, 5) is 14.9. The van der Waals surface area contributed by atoms with E-state index in [0.717, 1.165) is 24.6 Å². The topological polar surface area (TPSA) is 63.9 Å². The van der Waals surface area contributed by atoms with Crippen LogP contribution in [0.25, 0.3) is 0 Å². The quantitative estimate of drug-likeness (QED) is 0.661. The second-order valence-electron chi connectivity index (χ2n) is 6.83. The van der Waals surface area contributed by atoms with E-state index in [9.17, 15) is 4.79 Å². The van der Waals surface area contributed by atoms with E-state index in [1.54, 1.807) is 30.5 Å². The van der Waals surface area contributed by atoms with E-state index in [2.05, 4.69) is 10.2 Å². The van der Waals surface area contributed by atoms with Gasteiger partial charge in [-0.3, -0.25) is 9.69 Å². The molecular weight excluding hydrogens is 368 g/mol. The van der Waals surface area contributed by atoms with E-state index in [0.29, 0.717) is 31.1 Å². The van der Waals surface area contributed by atoms with Crippen LogP contribution in [0, 0.1) is 0 Å². The van der Waals surface area contributed by atoms with Gasteiger partial charge in [0.1, 0.15) is 17.3 Å². The summed E-state index contributed by atoms with van der Waals surface area (Å²) in [6.45, 7) is 3.47. The van der Waals surface area contributed by atoms with Crippen LogP contribution >= 0.6 is 0 Å². The highest BCUT2D eigenvalue weighted by molar-refractivity contribution is 5.94. The Morgan fingerprint density at radius 2 is 1.69 bits per heavy atom. The fraction of sp³-hybridized carbons (Fsp3) is 0.261. The Kier molecular flexibility index (Phi) is 6.24. The lowest BCUT2D eigenvalue weighted by Gasteiger charge is -2.33. The van der Waals surface area contributed by atoms with Gasteiger partial charge in [-0.25, -0.2) is 0 Å². The molecule has 2 aromatic carbocycles. The minimum absolute atomic E-state index is 0.0152. The number of carbonyl (C=O) groups is 1. The van der Waals surface area contributed by atoms with Gasteiger partial charge in [-0.15, -0.1) is 0 Å². The molecule has 0 aliphatic carbocycles. The lowest BCUT2D eigenvalue weighted by Crippen LogP contribution is -2.43. The summed E-state index contributed by atoms with van der Waals surface area (Å²) in [5.41, 5.74) is 0.589.